The van der Waals surface area contributed by atoms with Crippen LogP contribution in [0.5, 0.6) is 0 Å². The van der Waals surface area contributed by atoms with Crippen LogP contribution in [-0.4, -0.2) is 31.9 Å². The quantitative estimate of drug-likeness (QED) is 0.842. The van der Waals surface area contributed by atoms with E-state index in [-0.39, 0.29) is 23.1 Å². The largest absolute Gasteiger partial charge is 0.330 e. The van der Waals surface area contributed by atoms with E-state index in [2.05, 4.69) is 9.97 Å². The van der Waals surface area contributed by atoms with Crippen molar-refractivity contribution in [2.24, 2.45) is 7.05 Å². The molecule has 1 amide bonds. The Labute approximate surface area is 128 Å². The van der Waals surface area contributed by atoms with E-state index in [1.54, 1.807) is 30.3 Å². The third kappa shape index (κ3) is 2.41. The number of nitrogens with zero attached hydrogens (tertiary/aromatic N) is 4. The zero-order valence-electron chi connectivity index (χ0n) is 12.7. The minimum Gasteiger partial charge on any atom is -0.330 e. The maximum absolute atomic E-state index is 12.8. The number of aryl methyl sites for hydroxylation is 1. The summed E-state index contributed by atoms with van der Waals surface area (Å²) in [4.78, 5) is 35.0. The smallest absolute Gasteiger partial charge is 0.263 e. The fourth-order valence-electron chi connectivity index (χ4n) is 2.86. The molecule has 1 atom stereocenters. The van der Waals surface area contributed by atoms with Crippen LogP contribution in [0.4, 0.5) is 0 Å². The fraction of sp³-hybridized carbons (Fsp3) is 0.375. The first-order chi connectivity index (χ1) is 10.6. The van der Waals surface area contributed by atoms with E-state index in [4.69, 9.17) is 0 Å². The van der Waals surface area contributed by atoms with Gasteiger partial charge in [-0.2, -0.15) is 0 Å². The van der Waals surface area contributed by atoms with Crippen LogP contribution in [0.2, 0.25) is 0 Å². The van der Waals surface area contributed by atoms with Crippen molar-refractivity contribution in [1.29, 1.82) is 0 Å². The Balaban J connectivity index is 1.95. The monoisotopic (exact) mass is 298 g/mol. The standard InChI is InChI=1S/C16H18N4O2/c1-11-5-6-12(15(21)19(11)2)16(22)20-9-3-4-14(20)13-7-8-17-10-18-13/h5-8,10,14H,3-4,9H2,1-2H3/t14-/m1/s1. The number of rotatable bonds is 2. The highest BCUT2D eigenvalue weighted by Crippen LogP contribution is 2.31. The molecule has 2 aromatic rings. The van der Waals surface area contributed by atoms with Crippen LogP contribution in [0.3, 0.4) is 0 Å². The molecule has 3 rings (SSSR count). The summed E-state index contributed by atoms with van der Waals surface area (Å²) in [6.45, 7) is 2.49. The van der Waals surface area contributed by atoms with Gasteiger partial charge in [-0.25, -0.2) is 9.97 Å². The molecule has 0 saturated carbocycles. The molecule has 2 aromatic heterocycles. The molecular weight excluding hydrogens is 280 g/mol. The van der Waals surface area contributed by atoms with Gasteiger partial charge in [-0.3, -0.25) is 9.59 Å². The molecule has 114 valence electrons. The van der Waals surface area contributed by atoms with Crippen molar-refractivity contribution in [1.82, 2.24) is 19.4 Å². The van der Waals surface area contributed by atoms with E-state index >= 15 is 0 Å². The van der Waals surface area contributed by atoms with Gasteiger partial charge in [0, 0.05) is 25.5 Å². The van der Waals surface area contributed by atoms with E-state index in [0.29, 0.717) is 6.54 Å². The Hall–Kier alpha value is -2.50. The van der Waals surface area contributed by atoms with Crippen molar-refractivity contribution in [2.75, 3.05) is 6.54 Å². The van der Waals surface area contributed by atoms with Gasteiger partial charge in [0.05, 0.1) is 11.7 Å². The summed E-state index contributed by atoms with van der Waals surface area (Å²) in [6.07, 6.45) is 4.93. The lowest BCUT2D eigenvalue weighted by Crippen LogP contribution is -2.36. The zero-order valence-corrected chi connectivity index (χ0v) is 12.7. The number of hydrogen-bond acceptors (Lipinski definition) is 4. The minimum atomic E-state index is -0.252. The summed E-state index contributed by atoms with van der Waals surface area (Å²) in [5.41, 5.74) is 1.62. The Morgan fingerprint density at radius 2 is 2.14 bits per heavy atom. The summed E-state index contributed by atoms with van der Waals surface area (Å²) >= 11 is 0. The van der Waals surface area contributed by atoms with Gasteiger partial charge >= 0.3 is 0 Å². The first-order valence-electron chi connectivity index (χ1n) is 7.33. The van der Waals surface area contributed by atoms with E-state index in [1.165, 1.54) is 10.9 Å². The van der Waals surface area contributed by atoms with E-state index in [9.17, 15) is 9.59 Å². The molecule has 1 fully saturated rings. The third-order valence-electron chi connectivity index (χ3n) is 4.25. The average Bonchev–Trinajstić information content (AvgIpc) is 3.03. The molecule has 22 heavy (non-hydrogen) atoms. The lowest BCUT2D eigenvalue weighted by atomic mass is 10.1. The molecule has 6 heteroatoms. The zero-order chi connectivity index (χ0) is 15.7. The van der Waals surface area contributed by atoms with Crippen LogP contribution in [0.1, 0.15) is 40.6 Å². The highest BCUT2D eigenvalue weighted by atomic mass is 16.2. The Kier molecular flexibility index (Phi) is 3.75. The second-order valence-electron chi connectivity index (χ2n) is 5.54. The Morgan fingerprint density at radius 3 is 2.86 bits per heavy atom. The molecule has 0 bridgehead atoms. The Morgan fingerprint density at radius 1 is 1.32 bits per heavy atom. The van der Waals surface area contributed by atoms with Crippen molar-refractivity contribution in [3.63, 3.8) is 0 Å². The van der Waals surface area contributed by atoms with Crippen LogP contribution in [0, 0.1) is 6.92 Å². The van der Waals surface area contributed by atoms with Gasteiger partial charge in [0.2, 0.25) is 0 Å². The van der Waals surface area contributed by atoms with E-state index in [1.807, 2.05) is 13.0 Å². The average molecular weight is 298 g/mol. The van der Waals surface area contributed by atoms with Crippen molar-refractivity contribution in [2.45, 2.75) is 25.8 Å². The van der Waals surface area contributed by atoms with E-state index < -0.39 is 0 Å². The summed E-state index contributed by atoms with van der Waals surface area (Å²) in [5.74, 6) is -0.221. The van der Waals surface area contributed by atoms with Crippen LogP contribution in [-0.2, 0) is 7.05 Å². The SMILES string of the molecule is Cc1ccc(C(=O)N2CCC[C@@H]2c2ccncn2)c(=O)n1C. The molecule has 0 aliphatic carbocycles. The maximum Gasteiger partial charge on any atom is 0.263 e. The number of carbonyl (C=O) groups is 1. The third-order valence-corrected chi connectivity index (χ3v) is 4.25. The lowest BCUT2D eigenvalue weighted by molar-refractivity contribution is 0.0730. The topological polar surface area (TPSA) is 68.1 Å². The second kappa shape index (κ2) is 5.71. The van der Waals surface area contributed by atoms with Gasteiger partial charge < -0.3 is 9.47 Å². The number of likely N-dealkylation sites (tertiary alicyclic amines) is 1. The summed E-state index contributed by atoms with van der Waals surface area (Å²) in [5, 5.41) is 0. The van der Waals surface area contributed by atoms with E-state index in [0.717, 1.165) is 24.2 Å². The normalized spacial score (nSPS) is 17.7. The second-order valence-corrected chi connectivity index (χ2v) is 5.54. The van der Waals surface area contributed by atoms with Crippen LogP contribution >= 0.6 is 0 Å². The number of carbonyl (C=O) groups excluding carboxylic acids is 1. The van der Waals surface area contributed by atoms with Crippen LogP contribution < -0.4 is 5.56 Å². The molecule has 6 nitrogen and oxygen atoms in total. The molecule has 1 saturated heterocycles. The van der Waals surface area contributed by atoms with Gasteiger partial charge in [0.15, 0.2) is 0 Å². The van der Waals surface area contributed by atoms with Crippen molar-refractivity contribution >= 4 is 5.91 Å². The highest BCUT2D eigenvalue weighted by Gasteiger charge is 2.32. The molecule has 3 heterocycles. The van der Waals surface area contributed by atoms with Crippen molar-refractivity contribution in [3.8, 4) is 0 Å². The minimum absolute atomic E-state index is 0.0819. The fourth-order valence-corrected chi connectivity index (χ4v) is 2.86. The molecule has 0 N–H and O–H groups in total. The predicted octanol–water partition coefficient (Wildman–Crippen LogP) is 1.46. The summed E-state index contributed by atoms with van der Waals surface area (Å²) < 4.78 is 1.50. The highest BCUT2D eigenvalue weighted by molar-refractivity contribution is 5.94. The molecule has 0 aromatic carbocycles. The van der Waals surface area contributed by atoms with Crippen LogP contribution in [0.25, 0.3) is 0 Å². The first-order valence-corrected chi connectivity index (χ1v) is 7.33. The molecule has 0 unspecified atom stereocenters. The summed E-state index contributed by atoms with van der Waals surface area (Å²) in [7, 11) is 1.68. The number of aromatic nitrogens is 3. The number of amides is 1. The molecule has 1 aliphatic rings. The van der Waals surface area contributed by atoms with Gasteiger partial charge in [-0.15, -0.1) is 0 Å². The van der Waals surface area contributed by atoms with Gasteiger partial charge in [0.25, 0.3) is 11.5 Å². The predicted molar refractivity (Wildman–Crippen MR) is 81.5 cm³/mol. The van der Waals surface area contributed by atoms with Gasteiger partial charge in [0.1, 0.15) is 11.9 Å². The number of pyridine rings is 1. The lowest BCUT2D eigenvalue weighted by Gasteiger charge is -2.24. The summed E-state index contributed by atoms with van der Waals surface area (Å²) in [6, 6.07) is 5.16. The Bertz CT molecular complexity index is 754. The molecular formula is C16H18N4O2. The molecule has 0 radical (unpaired) electrons. The van der Waals surface area contributed by atoms with Crippen molar-refractivity contribution in [3.05, 3.63) is 58.0 Å². The van der Waals surface area contributed by atoms with Crippen molar-refractivity contribution < 1.29 is 4.79 Å². The number of hydrogen-bond donors (Lipinski definition) is 0. The van der Waals surface area contributed by atoms with Gasteiger partial charge in [-0.05, 0) is 38.0 Å². The molecule has 0 spiro atoms. The van der Waals surface area contributed by atoms with Gasteiger partial charge in [-0.1, -0.05) is 0 Å². The van der Waals surface area contributed by atoms with Crippen LogP contribution in [0.15, 0.2) is 35.5 Å². The first kappa shape index (κ1) is 14.4. The molecule has 1 aliphatic heterocycles. The maximum atomic E-state index is 12.8.